The molecule has 1 fully saturated rings. The number of rotatable bonds is 5. The van der Waals surface area contributed by atoms with Crippen LogP contribution in [0.5, 0.6) is 0 Å². The SMILES string of the molecule is CCN(CC1CCOC1)C(=O)c1ccc(CN)o1. The Labute approximate surface area is 107 Å². The molecule has 2 N–H and O–H groups in total. The van der Waals surface area contributed by atoms with E-state index < -0.39 is 0 Å². The topological polar surface area (TPSA) is 68.7 Å². The lowest BCUT2D eigenvalue weighted by atomic mass is 10.1. The number of nitrogens with zero attached hydrogens (tertiary/aromatic N) is 1. The summed E-state index contributed by atoms with van der Waals surface area (Å²) in [6, 6.07) is 3.44. The van der Waals surface area contributed by atoms with Gasteiger partial charge in [0.2, 0.25) is 0 Å². The minimum atomic E-state index is -0.0656. The summed E-state index contributed by atoms with van der Waals surface area (Å²) in [7, 11) is 0. The van der Waals surface area contributed by atoms with Crippen LogP contribution >= 0.6 is 0 Å². The summed E-state index contributed by atoms with van der Waals surface area (Å²) >= 11 is 0. The average Bonchev–Trinajstić information content (AvgIpc) is 3.06. The van der Waals surface area contributed by atoms with E-state index in [-0.39, 0.29) is 5.91 Å². The number of ether oxygens (including phenoxy) is 1. The summed E-state index contributed by atoms with van der Waals surface area (Å²) < 4.78 is 10.7. The van der Waals surface area contributed by atoms with Gasteiger partial charge in [-0.1, -0.05) is 0 Å². The zero-order chi connectivity index (χ0) is 13.0. The van der Waals surface area contributed by atoms with Gasteiger partial charge in [-0.05, 0) is 25.5 Å². The summed E-state index contributed by atoms with van der Waals surface area (Å²) in [5.74, 6) is 1.39. The van der Waals surface area contributed by atoms with Crippen LogP contribution in [0.1, 0.15) is 29.7 Å². The van der Waals surface area contributed by atoms with Crippen LogP contribution in [0.25, 0.3) is 0 Å². The molecule has 1 aliphatic rings. The molecule has 18 heavy (non-hydrogen) atoms. The monoisotopic (exact) mass is 252 g/mol. The molecule has 2 rings (SSSR count). The average molecular weight is 252 g/mol. The van der Waals surface area contributed by atoms with Crippen LogP contribution in [0.2, 0.25) is 0 Å². The molecular weight excluding hydrogens is 232 g/mol. The largest absolute Gasteiger partial charge is 0.455 e. The van der Waals surface area contributed by atoms with Crippen LogP contribution in [0.3, 0.4) is 0 Å². The molecule has 0 aromatic carbocycles. The molecule has 0 spiro atoms. The second-order valence-corrected chi connectivity index (χ2v) is 4.54. The van der Waals surface area contributed by atoms with Crippen LogP contribution in [0.4, 0.5) is 0 Å². The first kappa shape index (κ1) is 13.1. The first-order valence-corrected chi connectivity index (χ1v) is 6.40. The molecule has 1 aromatic rings. The van der Waals surface area contributed by atoms with Crippen LogP contribution in [-0.2, 0) is 11.3 Å². The van der Waals surface area contributed by atoms with Crippen LogP contribution in [-0.4, -0.2) is 37.1 Å². The van der Waals surface area contributed by atoms with Crippen molar-refractivity contribution in [3.63, 3.8) is 0 Å². The molecule has 5 heteroatoms. The fourth-order valence-electron chi connectivity index (χ4n) is 2.15. The third-order valence-corrected chi connectivity index (χ3v) is 3.25. The van der Waals surface area contributed by atoms with E-state index in [9.17, 15) is 4.79 Å². The predicted molar refractivity (Wildman–Crippen MR) is 67.1 cm³/mol. The van der Waals surface area contributed by atoms with Gasteiger partial charge >= 0.3 is 0 Å². The summed E-state index contributed by atoms with van der Waals surface area (Å²) in [6.07, 6.45) is 1.02. The third-order valence-electron chi connectivity index (χ3n) is 3.25. The number of hydrogen-bond acceptors (Lipinski definition) is 4. The smallest absolute Gasteiger partial charge is 0.289 e. The van der Waals surface area contributed by atoms with E-state index in [2.05, 4.69) is 0 Å². The predicted octanol–water partition coefficient (Wildman–Crippen LogP) is 1.24. The molecule has 1 amide bonds. The Balaban J connectivity index is 1.99. The summed E-state index contributed by atoms with van der Waals surface area (Å²) in [5, 5.41) is 0. The molecule has 1 aromatic heterocycles. The summed E-state index contributed by atoms with van der Waals surface area (Å²) in [6.45, 7) is 5.24. The van der Waals surface area contributed by atoms with E-state index in [1.54, 1.807) is 17.0 Å². The van der Waals surface area contributed by atoms with E-state index in [1.807, 2.05) is 6.92 Å². The van der Waals surface area contributed by atoms with E-state index in [0.29, 0.717) is 30.5 Å². The highest BCUT2D eigenvalue weighted by Gasteiger charge is 2.23. The maximum atomic E-state index is 12.2. The van der Waals surface area contributed by atoms with Crippen LogP contribution in [0.15, 0.2) is 16.5 Å². The Morgan fingerprint density at radius 1 is 1.56 bits per heavy atom. The molecule has 1 unspecified atom stereocenters. The van der Waals surface area contributed by atoms with Gasteiger partial charge in [0, 0.05) is 25.6 Å². The van der Waals surface area contributed by atoms with Crippen molar-refractivity contribution in [2.75, 3.05) is 26.3 Å². The molecule has 1 atom stereocenters. The van der Waals surface area contributed by atoms with Gasteiger partial charge in [-0.15, -0.1) is 0 Å². The van der Waals surface area contributed by atoms with Crippen molar-refractivity contribution >= 4 is 5.91 Å². The minimum Gasteiger partial charge on any atom is -0.455 e. The second kappa shape index (κ2) is 6.02. The van der Waals surface area contributed by atoms with Gasteiger partial charge in [0.1, 0.15) is 5.76 Å². The normalized spacial score (nSPS) is 19.1. The highest BCUT2D eigenvalue weighted by molar-refractivity contribution is 5.91. The maximum Gasteiger partial charge on any atom is 0.289 e. The van der Waals surface area contributed by atoms with Gasteiger partial charge in [-0.2, -0.15) is 0 Å². The fourth-order valence-corrected chi connectivity index (χ4v) is 2.15. The Hall–Kier alpha value is -1.33. The van der Waals surface area contributed by atoms with E-state index in [1.165, 1.54) is 0 Å². The fraction of sp³-hybridized carbons (Fsp3) is 0.615. The number of furan rings is 1. The molecule has 0 bridgehead atoms. The van der Waals surface area contributed by atoms with E-state index >= 15 is 0 Å². The van der Waals surface area contributed by atoms with E-state index in [0.717, 1.165) is 26.2 Å². The molecule has 0 radical (unpaired) electrons. The number of carbonyl (C=O) groups excluding carboxylic acids is 1. The van der Waals surface area contributed by atoms with Crippen molar-refractivity contribution in [2.45, 2.75) is 19.9 Å². The Bertz CT molecular complexity index is 397. The van der Waals surface area contributed by atoms with Gasteiger partial charge in [0.05, 0.1) is 13.2 Å². The van der Waals surface area contributed by atoms with Crippen molar-refractivity contribution < 1.29 is 13.9 Å². The molecule has 100 valence electrons. The van der Waals surface area contributed by atoms with Crippen molar-refractivity contribution in [1.29, 1.82) is 0 Å². The Morgan fingerprint density at radius 3 is 2.94 bits per heavy atom. The van der Waals surface area contributed by atoms with Crippen LogP contribution < -0.4 is 5.73 Å². The van der Waals surface area contributed by atoms with E-state index in [4.69, 9.17) is 14.9 Å². The number of carbonyl (C=O) groups is 1. The second-order valence-electron chi connectivity index (χ2n) is 4.54. The van der Waals surface area contributed by atoms with Gasteiger partial charge in [-0.25, -0.2) is 0 Å². The Kier molecular flexibility index (Phi) is 4.38. The van der Waals surface area contributed by atoms with Crippen molar-refractivity contribution in [1.82, 2.24) is 4.90 Å². The molecule has 0 aliphatic carbocycles. The highest BCUT2D eigenvalue weighted by atomic mass is 16.5. The zero-order valence-corrected chi connectivity index (χ0v) is 10.7. The van der Waals surface area contributed by atoms with Crippen molar-refractivity contribution in [2.24, 2.45) is 11.7 Å². The number of hydrogen-bond donors (Lipinski definition) is 1. The lowest BCUT2D eigenvalue weighted by molar-refractivity contribution is 0.0697. The summed E-state index contributed by atoms with van der Waals surface area (Å²) in [4.78, 5) is 14.0. The first-order valence-electron chi connectivity index (χ1n) is 6.40. The van der Waals surface area contributed by atoms with Gasteiger partial charge in [0.15, 0.2) is 5.76 Å². The maximum absolute atomic E-state index is 12.2. The van der Waals surface area contributed by atoms with Gasteiger partial charge in [-0.3, -0.25) is 4.79 Å². The molecule has 1 aliphatic heterocycles. The lowest BCUT2D eigenvalue weighted by Gasteiger charge is -2.22. The summed E-state index contributed by atoms with van der Waals surface area (Å²) in [5.41, 5.74) is 5.47. The molecule has 2 heterocycles. The molecular formula is C13H20N2O3. The Morgan fingerprint density at radius 2 is 2.39 bits per heavy atom. The molecule has 1 saturated heterocycles. The van der Waals surface area contributed by atoms with Crippen molar-refractivity contribution in [3.05, 3.63) is 23.7 Å². The lowest BCUT2D eigenvalue weighted by Crippen LogP contribution is -2.35. The van der Waals surface area contributed by atoms with Crippen molar-refractivity contribution in [3.8, 4) is 0 Å². The highest BCUT2D eigenvalue weighted by Crippen LogP contribution is 2.16. The van der Waals surface area contributed by atoms with Crippen LogP contribution in [0, 0.1) is 5.92 Å². The zero-order valence-electron chi connectivity index (χ0n) is 10.7. The molecule has 5 nitrogen and oxygen atoms in total. The third kappa shape index (κ3) is 2.91. The molecule has 0 saturated carbocycles. The quantitative estimate of drug-likeness (QED) is 0.856. The number of amides is 1. The minimum absolute atomic E-state index is 0.0656. The number of nitrogens with two attached hydrogens (primary N) is 1. The van der Waals surface area contributed by atoms with Gasteiger partial charge < -0.3 is 19.8 Å². The standard InChI is InChI=1S/C13H20N2O3/c1-2-15(8-10-5-6-17-9-10)13(16)12-4-3-11(7-14)18-12/h3-4,10H,2,5-9,14H2,1H3. The first-order chi connectivity index (χ1) is 8.74. The van der Waals surface area contributed by atoms with Gasteiger partial charge in [0.25, 0.3) is 5.91 Å².